The summed E-state index contributed by atoms with van der Waals surface area (Å²) in [7, 11) is 0. The van der Waals surface area contributed by atoms with Gasteiger partial charge in [0, 0.05) is 0 Å². The molecule has 0 bridgehead atoms. The van der Waals surface area contributed by atoms with Crippen molar-refractivity contribution in [3.05, 3.63) is 24.2 Å². The number of hydrogen-bond acceptors (Lipinski definition) is 6. The van der Waals surface area contributed by atoms with E-state index >= 15 is 0 Å². The smallest absolute Gasteiger partial charge is 0.177 e. The van der Waals surface area contributed by atoms with Crippen molar-refractivity contribution in [2.24, 2.45) is 0 Å². The minimum atomic E-state index is -1.10. The highest BCUT2D eigenvalue weighted by Gasteiger charge is 2.41. The Bertz CT molecular complexity index is 662. The van der Waals surface area contributed by atoms with Crippen molar-refractivity contribution in [2.45, 2.75) is 24.5 Å². The number of fused-ring (bicyclic) bond motifs is 1. The summed E-state index contributed by atoms with van der Waals surface area (Å²) in [4.78, 5) is 3.92. The van der Waals surface area contributed by atoms with Crippen LogP contribution in [0.1, 0.15) is 24.6 Å². The first kappa shape index (κ1) is 11.9. The van der Waals surface area contributed by atoms with Gasteiger partial charge in [0.1, 0.15) is 24.0 Å². The lowest BCUT2D eigenvalue weighted by atomic mass is 10.0. The van der Waals surface area contributed by atoms with E-state index in [0.717, 1.165) is 5.69 Å². The molecule has 1 aliphatic rings. The Labute approximate surface area is 109 Å². The van der Waals surface area contributed by atoms with Gasteiger partial charge in [-0.25, -0.2) is 9.50 Å². The molecule has 0 aromatic carbocycles. The molecule has 2 aromatic heterocycles. The maximum Gasteiger partial charge on any atom is 0.177 e. The maximum atomic E-state index is 9.29. The number of aliphatic hydroxyl groups is 1. The normalized spacial score (nSPS) is 26.6. The van der Waals surface area contributed by atoms with Crippen LogP contribution in [-0.4, -0.2) is 31.9 Å². The number of hydrogen-bond donors (Lipinski definition) is 2. The Balaban J connectivity index is 1.99. The molecule has 3 heterocycles. The standard InChI is InChI=1S/C12H13N5O2/c13-5-12(6-18)4-3-10(19-12)8-1-2-9-11(14)15-7-16-17(8)9/h1-2,7,10,18H,3-4,6H2,(H2,14,15,16). The molecule has 0 radical (unpaired) electrons. The largest absolute Gasteiger partial charge is 0.392 e. The molecule has 1 fully saturated rings. The molecule has 0 saturated carbocycles. The van der Waals surface area contributed by atoms with Gasteiger partial charge in [-0.3, -0.25) is 0 Å². The summed E-state index contributed by atoms with van der Waals surface area (Å²) in [6.07, 6.45) is 2.26. The predicted octanol–water partition coefficient (Wildman–Crippen LogP) is 0.418. The van der Waals surface area contributed by atoms with Gasteiger partial charge in [0.2, 0.25) is 0 Å². The molecule has 2 unspecified atom stereocenters. The number of nitrogen functional groups attached to an aromatic ring is 1. The highest BCUT2D eigenvalue weighted by molar-refractivity contribution is 5.65. The van der Waals surface area contributed by atoms with Gasteiger partial charge < -0.3 is 15.6 Å². The minimum absolute atomic E-state index is 0.274. The second-order valence-corrected chi connectivity index (χ2v) is 4.61. The highest BCUT2D eigenvalue weighted by atomic mass is 16.5. The molecule has 7 nitrogen and oxygen atoms in total. The number of rotatable bonds is 2. The van der Waals surface area contributed by atoms with E-state index in [0.29, 0.717) is 24.2 Å². The fraction of sp³-hybridized carbons (Fsp3) is 0.417. The van der Waals surface area contributed by atoms with Crippen molar-refractivity contribution in [3.63, 3.8) is 0 Å². The molecule has 2 atom stereocenters. The van der Waals surface area contributed by atoms with Gasteiger partial charge in [0.15, 0.2) is 11.4 Å². The number of nitrogens with zero attached hydrogens (tertiary/aromatic N) is 4. The lowest BCUT2D eigenvalue weighted by Gasteiger charge is -2.18. The monoisotopic (exact) mass is 259 g/mol. The molecular weight excluding hydrogens is 246 g/mol. The molecule has 0 amide bonds. The first-order valence-electron chi connectivity index (χ1n) is 5.97. The van der Waals surface area contributed by atoms with Crippen molar-refractivity contribution in [1.82, 2.24) is 14.6 Å². The molecular formula is C12H13N5O2. The topological polar surface area (TPSA) is 109 Å². The first-order chi connectivity index (χ1) is 9.19. The van der Waals surface area contributed by atoms with Crippen LogP contribution in [0.3, 0.4) is 0 Å². The van der Waals surface area contributed by atoms with Crippen molar-refractivity contribution < 1.29 is 9.84 Å². The quantitative estimate of drug-likeness (QED) is 0.808. The van der Waals surface area contributed by atoms with E-state index in [1.807, 2.05) is 18.2 Å². The number of anilines is 1. The molecule has 3 rings (SSSR count). The Kier molecular flexibility index (Phi) is 2.62. The SMILES string of the molecule is N#CC1(CO)CCC(c2ccc3c(N)ncnn23)O1. The van der Waals surface area contributed by atoms with Gasteiger partial charge in [-0.1, -0.05) is 0 Å². The minimum Gasteiger partial charge on any atom is -0.392 e. The predicted molar refractivity (Wildman–Crippen MR) is 65.9 cm³/mol. The summed E-state index contributed by atoms with van der Waals surface area (Å²) in [5.41, 5.74) is 6.19. The lowest BCUT2D eigenvalue weighted by Crippen LogP contribution is -2.30. The van der Waals surface area contributed by atoms with E-state index < -0.39 is 5.60 Å². The number of aromatic nitrogens is 3. The number of nitrogens with two attached hydrogens (primary N) is 1. The van der Waals surface area contributed by atoms with Crippen LogP contribution in [-0.2, 0) is 4.74 Å². The third-order valence-corrected chi connectivity index (χ3v) is 3.48. The molecule has 0 aliphatic carbocycles. The Morgan fingerprint density at radius 2 is 2.47 bits per heavy atom. The molecule has 1 saturated heterocycles. The van der Waals surface area contributed by atoms with Gasteiger partial charge in [-0.2, -0.15) is 10.4 Å². The number of aliphatic hydroxyl groups excluding tert-OH is 1. The second kappa shape index (κ2) is 4.19. The van der Waals surface area contributed by atoms with Gasteiger partial charge >= 0.3 is 0 Å². The zero-order chi connectivity index (χ0) is 13.5. The van der Waals surface area contributed by atoms with Gasteiger partial charge in [0.05, 0.1) is 12.3 Å². The summed E-state index contributed by atoms with van der Waals surface area (Å²) in [5, 5.41) is 22.5. The summed E-state index contributed by atoms with van der Waals surface area (Å²) < 4.78 is 7.37. The van der Waals surface area contributed by atoms with Crippen molar-refractivity contribution in [2.75, 3.05) is 12.3 Å². The number of ether oxygens (including phenoxy) is 1. The zero-order valence-electron chi connectivity index (χ0n) is 10.2. The molecule has 98 valence electrons. The van der Waals surface area contributed by atoms with Crippen LogP contribution in [0.2, 0.25) is 0 Å². The molecule has 7 heteroatoms. The molecule has 2 aromatic rings. The maximum absolute atomic E-state index is 9.29. The van der Waals surface area contributed by atoms with Crippen LogP contribution in [0.4, 0.5) is 5.82 Å². The average molecular weight is 259 g/mol. The Morgan fingerprint density at radius 3 is 3.16 bits per heavy atom. The lowest BCUT2D eigenvalue weighted by molar-refractivity contribution is -0.0386. The van der Waals surface area contributed by atoms with Gasteiger partial charge in [-0.15, -0.1) is 0 Å². The van der Waals surface area contributed by atoms with Crippen LogP contribution >= 0.6 is 0 Å². The number of nitriles is 1. The van der Waals surface area contributed by atoms with Crippen LogP contribution in [0, 0.1) is 11.3 Å². The van der Waals surface area contributed by atoms with E-state index in [2.05, 4.69) is 10.1 Å². The van der Waals surface area contributed by atoms with E-state index in [4.69, 9.17) is 15.7 Å². The first-order valence-corrected chi connectivity index (χ1v) is 5.97. The van der Waals surface area contributed by atoms with Crippen LogP contribution in [0.15, 0.2) is 18.5 Å². The summed E-state index contributed by atoms with van der Waals surface area (Å²) in [5.74, 6) is 0.396. The van der Waals surface area contributed by atoms with E-state index in [1.54, 1.807) is 4.52 Å². The summed E-state index contributed by atoms with van der Waals surface area (Å²) >= 11 is 0. The Hall–Kier alpha value is -2.17. The second-order valence-electron chi connectivity index (χ2n) is 4.61. The van der Waals surface area contributed by atoms with Crippen LogP contribution in [0.5, 0.6) is 0 Å². The third kappa shape index (κ3) is 1.73. The van der Waals surface area contributed by atoms with E-state index in [-0.39, 0.29) is 12.7 Å². The summed E-state index contributed by atoms with van der Waals surface area (Å²) in [6, 6.07) is 5.72. The fourth-order valence-corrected chi connectivity index (χ4v) is 2.41. The average Bonchev–Trinajstić information content (AvgIpc) is 3.03. The van der Waals surface area contributed by atoms with Crippen molar-refractivity contribution in [1.29, 1.82) is 5.26 Å². The summed E-state index contributed by atoms with van der Waals surface area (Å²) in [6.45, 7) is -0.305. The zero-order valence-corrected chi connectivity index (χ0v) is 10.2. The molecule has 0 spiro atoms. The van der Waals surface area contributed by atoms with E-state index in [1.165, 1.54) is 6.33 Å². The van der Waals surface area contributed by atoms with Crippen LogP contribution < -0.4 is 5.73 Å². The fourth-order valence-electron chi connectivity index (χ4n) is 2.41. The Morgan fingerprint density at radius 1 is 1.63 bits per heavy atom. The van der Waals surface area contributed by atoms with Gasteiger partial charge in [0.25, 0.3) is 0 Å². The highest BCUT2D eigenvalue weighted by Crippen LogP contribution is 2.39. The van der Waals surface area contributed by atoms with Gasteiger partial charge in [-0.05, 0) is 25.0 Å². The third-order valence-electron chi connectivity index (χ3n) is 3.48. The molecule has 19 heavy (non-hydrogen) atoms. The molecule has 1 aliphatic heterocycles. The molecule has 3 N–H and O–H groups in total. The van der Waals surface area contributed by atoms with Crippen molar-refractivity contribution >= 4 is 11.3 Å². The van der Waals surface area contributed by atoms with Crippen molar-refractivity contribution in [3.8, 4) is 6.07 Å². The van der Waals surface area contributed by atoms with Crippen LogP contribution in [0.25, 0.3) is 5.52 Å². The van der Waals surface area contributed by atoms with E-state index in [9.17, 15) is 5.11 Å².